The molecule has 2 rings (SSSR count). The number of hydrogen-bond acceptors (Lipinski definition) is 4. The highest BCUT2D eigenvalue weighted by molar-refractivity contribution is 7.89. The van der Waals surface area contributed by atoms with Gasteiger partial charge in [-0.05, 0) is 36.8 Å². The molecule has 8 heteroatoms. The molecule has 26 heavy (non-hydrogen) atoms. The lowest BCUT2D eigenvalue weighted by molar-refractivity contribution is -0.689. The van der Waals surface area contributed by atoms with Crippen LogP contribution >= 0.6 is 0 Å². The van der Waals surface area contributed by atoms with Gasteiger partial charge in [0.05, 0.1) is 12.0 Å². The van der Waals surface area contributed by atoms with Crippen molar-refractivity contribution in [2.24, 2.45) is 5.14 Å². The number of quaternary nitrogens is 1. The zero-order chi connectivity index (χ0) is 19.2. The van der Waals surface area contributed by atoms with E-state index in [1.54, 1.807) is 19.2 Å². The quantitative estimate of drug-likeness (QED) is 0.605. The number of rotatable bonds is 8. The minimum Gasteiger partial charge on any atom is -0.497 e. The average Bonchev–Trinajstić information content (AvgIpc) is 2.64. The number of methoxy groups -OCH3 is 1. The number of sulfonamides is 1. The van der Waals surface area contributed by atoms with E-state index in [9.17, 15) is 13.2 Å². The van der Waals surface area contributed by atoms with Crippen LogP contribution in [0, 0.1) is 0 Å². The van der Waals surface area contributed by atoms with E-state index in [1.165, 1.54) is 12.1 Å². The molecule has 5 N–H and O–H groups in total. The van der Waals surface area contributed by atoms with E-state index in [0.717, 1.165) is 16.9 Å². The van der Waals surface area contributed by atoms with Crippen LogP contribution in [0.4, 0.5) is 0 Å². The molecule has 0 unspecified atom stereocenters. The Labute approximate surface area is 153 Å². The molecular weight excluding hydrogens is 354 g/mol. The monoisotopic (exact) mass is 378 g/mol. The van der Waals surface area contributed by atoms with E-state index in [4.69, 9.17) is 9.88 Å². The van der Waals surface area contributed by atoms with E-state index in [-0.39, 0.29) is 16.8 Å². The molecule has 0 bridgehead atoms. The van der Waals surface area contributed by atoms with Crippen LogP contribution in [-0.2, 0) is 27.9 Å². The minimum atomic E-state index is -3.68. The van der Waals surface area contributed by atoms with Gasteiger partial charge in [0.25, 0.3) is 5.91 Å². The van der Waals surface area contributed by atoms with Crippen molar-refractivity contribution < 1.29 is 23.3 Å². The first-order valence-electron chi connectivity index (χ1n) is 8.15. The molecule has 0 fully saturated rings. The Morgan fingerprint density at radius 1 is 1.12 bits per heavy atom. The standard InChI is InChI=1S/C18H23N3O4S/c1-13(18(22)21-12-14-3-7-16(25-2)8-4-14)20-11-15-5-9-17(10-6-15)26(19,23)24/h3-10,13,20H,11-12H2,1-2H3,(H,21,22)(H2,19,23,24)/p+1/t13-/m0/s1. The van der Waals surface area contributed by atoms with Crippen LogP contribution in [-0.4, -0.2) is 27.5 Å². The highest BCUT2D eigenvalue weighted by atomic mass is 32.2. The number of primary sulfonamides is 1. The normalized spacial score (nSPS) is 12.4. The van der Waals surface area contributed by atoms with E-state index in [0.29, 0.717) is 13.1 Å². The molecular formula is C18H24N3O4S+. The van der Waals surface area contributed by atoms with Gasteiger partial charge >= 0.3 is 0 Å². The van der Waals surface area contributed by atoms with Crippen LogP contribution in [0.15, 0.2) is 53.4 Å². The molecule has 0 radical (unpaired) electrons. The maximum atomic E-state index is 12.2. The number of carbonyl (C=O) groups excluding carboxylic acids is 1. The number of ether oxygens (including phenoxy) is 1. The number of amides is 1. The van der Waals surface area contributed by atoms with Crippen molar-refractivity contribution in [1.82, 2.24) is 5.32 Å². The highest BCUT2D eigenvalue weighted by Gasteiger charge is 2.15. The lowest BCUT2D eigenvalue weighted by Crippen LogP contribution is -2.90. The second-order valence-electron chi connectivity index (χ2n) is 5.98. The topological polar surface area (TPSA) is 115 Å². The summed E-state index contributed by atoms with van der Waals surface area (Å²) in [5.74, 6) is 0.706. The molecule has 2 aromatic carbocycles. The van der Waals surface area contributed by atoms with Crippen molar-refractivity contribution in [3.63, 3.8) is 0 Å². The van der Waals surface area contributed by atoms with Gasteiger partial charge in [-0.2, -0.15) is 0 Å². The van der Waals surface area contributed by atoms with Gasteiger partial charge in [-0.15, -0.1) is 0 Å². The smallest absolute Gasteiger partial charge is 0.278 e. The van der Waals surface area contributed by atoms with Crippen LogP contribution in [0.3, 0.4) is 0 Å². The van der Waals surface area contributed by atoms with Gasteiger partial charge in [0, 0.05) is 12.1 Å². The first-order chi connectivity index (χ1) is 12.3. The SMILES string of the molecule is COc1ccc(CNC(=O)[C@H](C)[NH2+]Cc2ccc(S(N)(=O)=O)cc2)cc1. The number of hydrogen-bond donors (Lipinski definition) is 3. The lowest BCUT2D eigenvalue weighted by atomic mass is 10.2. The zero-order valence-electron chi connectivity index (χ0n) is 14.8. The largest absolute Gasteiger partial charge is 0.497 e. The third-order valence-corrected chi connectivity index (χ3v) is 4.93. The summed E-state index contributed by atoms with van der Waals surface area (Å²) in [5, 5.41) is 9.85. The fourth-order valence-corrected chi connectivity index (χ4v) is 2.84. The molecule has 0 saturated heterocycles. The number of carbonyl (C=O) groups is 1. The van der Waals surface area contributed by atoms with E-state index in [2.05, 4.69) is 5.32 Å². The van der Waals surface area contributed by atoms with Gasteiger partial charge in [0.2, 0.25) is 10.0 Å². The Balaban J connectivity index is 1.81. The molecule has 0 heterocycles. The summed E-state index contributed by atoms with van der Waals surface area (Å²) < 4.78 is 27.6. The molecule has 0 spiro atoms. The van der Waals surface area contributed by atoms with Crippen molar-refractivity contribution in [2.45, 2.75) is 31.0 Å². The minimum absolute atomic E-state index is 0.0676. The number of nitrogens with one attached hydrogen (secondary N) is 1. The van der Waals surface area contributed by atoms with Crippen molar-refractivity contribution in [3.8, 4) is 5.75 Å². The van der Waals surface area contributed by atoms with Crippen LogP contribution in [0.25, 0.3) is 0 Å². The molecule has 2 aromatic rings. The predicted molar refractivity (Wildman–Crippen MR) is 97.7 cm³/mol. The second kappa shape index (κ2) is 8.79. The van der Waals surface area contributed by atoms with Gasteiger partial charge in [-0.1, -0.05) is 24.3 Å². The van der Waals surface area contributed by atoms with E-state index < -0.39 is 10.0 Å². The van der Waals surface area contributed by atoms with Crippen molar-refractivity contribution in [3.05, 3.63) is 59.7 Å². The zero-order valence-corrected chi connectivity index (χ0v) is 15.6. The summed E-state index contributed by atoms with van der Waals surface area (Å²) in [7, 11) is -2.08. The molecule has 0 aromatic heterocycles. The summed E-state index contributed by atoms with van der Waals surface area (Å²) in [6.07, 6.45) is 0. The molecule has 0 aliphatic carbocycles. The lowest BCUT2D eigenvalue weighted by Gasteiger charge is -2.12. The molecule has 7 nitrogen and oxygen atoms in total. The van der Waals surface area contributed by atoms with Gasteiger partial charge in [0.15, 0.2) is 6.04 Å². The first kappa shape index (κ1) is 19.9. The molecule has 140 valence electrons. The van der Waals surface area contributed by atoms with Crippen LogP contribution in [0.1, 0.15) is 18.1 Å². The summed E-state index contributed by atoms with van der Waals surface area (Å²) in [5.41, 5.74) is 1.90. The van der Waals surface area contributed by atoms with Crippen molar-refractivity contribution in [1.29, 1.82) is 0 Å². The molecule has 1 amide bonds. The molecule has 1 atom stereocenters. The third-order valence-electron chi connectivity index (χ3n) is 4.00. The average molecular weight is 378 g/mol. The number of nitrogens with two attached hydrogens (primary N) is 2. The Kier molecular flexibility index (Phi) is 6.73. The molecule has 0 aliphatic rings. The van der Waals surface area contributed by atoms with Crippen LogP contribution in [0.5, 0.6) is 5.75 Å². The Bertz CT molecular complexity index is 834. The van der Waals surface area contributed by atoms with Crippen LogP contribution < -0.4 is 20.5 Å². The maximum absolute atomic E-state index is 12.2. The Morgan fingerprint density at radius 2 is 1.69 bits per heavy atom. The first-order valence-corrected chi connectivity index (χ1v) is 9.70. The van der Waals surface area contributed by atoms with Gasteiger partial charge < -0.3 is 15.4 Å². The highest BCUT2D eigenvalue weighted by Crippen LogP contribution is 2.11. The maximum Gasteiger partial charge on any atom is 0.278 e. The van der Waals surface area contributed by atoms with Crippen molar-refractivity contribution in [2.75, 3.05) is 7.11 Å². The Morgan fingerprint density at radius 3 is 2.23 bits per heavy atom. The fourth-order valence-electron chi connectivity index (χ4n) is 2.33. The summed E-state index contributed by atoms with van der Waals surface area (Å²) in [6, 6.07) is 13.5. The predicted octanol–water partition coefficient (Wildman–Crippen LogP) is 0.111. The number of benzene rings is 2. The summed E-state index contributed by atoms with van der Waals surface area (Å²) in [4.78, 5) is 12.3. The van der Waals surface area contributed by atoms with E-state index in [1.807, 2.05) is 36.5 Å². The fraction of sp³-hybridized carbons (Fsp3) is 0.278. The third kappa shape index (κ3) is 5.83. The summed E-state index contributed by atoms with van der Waals surface area (Å²) in [6.45, 7) is 2.83. The molecule has 0 aliphatic heterocycles. The second-order valence-corrected chi connectivity index (χ2v) is 7.54. The van der Waals surface area contributed by atoms with Gasteiger partial charge in [0.1, 0.15) is 12.3 Å². The molecule has 0 saturated carbocycles. The van der Waals surface area contributed by atoms with Crippen LogP contribution in [0.2, 0.25) is 0 Å². The Hall–Kier alpha value is -2.42. The van der Waals surface area contributed by atoms with E-state index >= 15 is 0 Å². The van der Waals surface area contributed by atoms with Gasteiger partial charge in [-0.3, -0.25) is 4.79 Å². The summed E-state index contributed by atoms with van der Waals surface area (Å²) >= 11 is 0. The van der Waals surface area contributed by atoms with Gasteiger partial charge in [-0.25, -0.2) is 13.6 Å². The van der Waals surface area contributed by atoms with Crippen molar-refractivity contribution >= 4 is 15.9 Å².